The number of rotatable bonds is 2. The molecule has 5 heteroatoms. The number of benzene rings is 1. The van der Waals surface area contributed by atoms with Crippen LogP contribution < -0.4 is 11.1 Å². The van der Waals surface area contributed by atoms with Gasteiger partial charge in [0.2, 0.25) is 0 Å². The van der Waals surface area contributed by atoms with Crippen molar-refractivity contribution in [2.75, 3.05) is 0 Å². The van der Waals surface area contributed by atoms with E-state index in [0.29, 0.717) is 12.5 Å². The highest BCUT2D eigenvalue weighted by Gasteiger charge is 2.09. The molecule has 0 unspecified atom stereocenters. The lowest BCUT2D eigenvalue weighted by atomic mass is 10.1. The normalized spacial score (nSPS) is 11.9. The fourth-order valence-corrected chi connectivity index (χ4v) is 1.24. The molecule has 3 nitrogen and oxygen atoms in total. The average Bonchev–Trinajstić information content (AvgIpc) is 2.12. The van der Waals surface area contributed by atoms with E-state index < -0.39 is 0 Å². The maximum absolute atomic E-state index is 12.9. The van der Waals surface area contributed by atoms with Crippen molar-refractivity contribution < 1.29 is 4.39 Å². The van der Waals surface area contributed by atoms with Crippen LogP contribution in [0, 0.1) is 5.82 Å². The minimum Gasteiger partial charge on any atom is -0.370 e. The molecule has 0 radical (unpaired) electrons. The quantitative estimate of drug-likeness (QED) is 0.489. The Hall–Kier alpha value is -0.850. The molecule has 96 valence electrons. The van der Waals surface area contributed by atoms with E-state index in [-0.39, 0.29) is 35.3 Å². The summed E-state index contributed by atoms with van der Waals surface area (Å²) in [4.78, 5) is 4.14. The summed E-state index contributed by atoms with van der Waals surface area (Å²) in [5, 5.41) is 3.04. The van der Waals surface area contributed by atoms with E-state index in [0.717, 1.165) is 5.56 Å². The van der Waals surface area contributed by atoms with Gasteiger partial charge in [0.1, 0.15) is 5.82 Å². The molecule has 0 aliphatic carbocycles. The largest absolute Gasteiger partial charge is 0.370 e. The van der Waals surface area contributed by atoms with Crippen molar-refractivity contribution in [3.8, 4) is 0 Å². The zero-order chi connectivity index (χ0) is 12.2. The van der Waals surface area contributed by atoms with Crippen molar-refractivity contribution in [3.63, 3.8) is 0 Å². The smallest absolute Gasteiger partial charge is 0.189 e. The summed E-state index contributed by atoms with van der Waals surface area (Å²) < 4.78 is 12.9. The molecule has 0 aromatic heterocycles. The molecule has 0 fully saturated rings. The topological polar surface area (TPSA) is 50.4 Å². The summed E-state index contributed by atoms with van der Waals surface area (Å²) in [6.45, 7) is 6.37. The predicted octanol–water partition coefficient (Wildman–Crippen LogP) is 2.65. The molecule has 0 bridgehead atoms. The first-order chi connectivity index (χ1) is 7.37. The Bertz CT molecular complexity index is 386. The number of aliphatic imine (C=N–C) groups is 1. The maximum Gasteiger partial charge on any atom is 0.189 e. The molecule has 1 rings (SSSR count). The Balaban J connectivity index is 0.00000256. The Labute approximate surface area is 119 Å². The number of hydrogen-bond donors (Lipinski definition) is 2. The van der Waals surface area contributed by atoms with Gasteiger partial charge in [-0.2, -0.15) is 0 Å². The SMILES string of the molecule is CC(C)(C)NC(N)=NCc1cccc(F)c1.I. The van der Waals surface area contributed by atoms with Crippen molar-refractivity contribution in [1.29, 1.82) is 0 Å². The van der Waals surface area contributed by atoms with Crippen LogP contribution in [0.15, 0.2) is 29.3 Å². The standard InChI is InChI=1S/C12H18FN3.HI/c1-12(2,3)16-11(14)15-8-9-5-4-6-10(13)7-9;/h4-7H,8H2,1-3H3,(H3,14,15,16);1H. The van der Waals surface area contributed by atoms with Crippen LogP contribution in [0.25, 0.3) is 0 Å². The van der Waals surface area contributed by atoms with Gasteiger partial charge in [0, 0.05) is 5.54 Å². The molecule has 3 N–H and O–H groups in total. The summed E-state index contributed by atoms with van der Waals surface area (Å²) in [5.74, 6) is 0.117. The number of guanidine groups is 1. The molecule has 1 aromatic carbocycles. The molecular formula is C12H19FIN3. The van der Waals surface area contributed by atoms with Crippen LogP contribution in [0.3, 0.4) is 0 Å². The second-order valence-corrected chi connectivity index (χ2v) is 4.71. The van der Waals surface area contributed by atoms with Gasteiger partial charge in [0.05, 0.1) is 6.54 Å². The molecule has 0 amide bonds. The molecule has 0 spiro atoms. The minimum atomic E-state index is -0.255. The van der Waals surface area contributed by atoms with Gasteiger partial charge in [-0.1, -0.05) is 12.1 Å². The maximum atomic E-state index is 12.9. The molecule has 0 saturated heterocycles. The lowest BCUT2D eigenvalue weighted by molar-refractivity contribution is 0.508. The summed E-state index contributed by atoms with van der Waals surface area (Å²) in [5.41, 5.74) is 6.38. The number of hydrogen-bond acceptors (Lipinski definition) is 1. The molecule has 0 heterocycles. The lowest BCUT2D eigenvalue weighted by Crippen LogP contribution is -2.44. The minimum absolute atomic E-state index is 0. The number of nitrogens with one attached hydrogen (secondary N) is 1. The Morgan fingerprint density at radius 3 is 2.59 bits per heavy atom. The lowest BCUT2D eigenvalue weighted by Gasteiger charge is -2.20. The van der Waals surface area contributed by atoms with Crippen LogP contribution in [0.2, 0.25) is 0 Å². The van der Waals surface area contributed by atoms with E-state index >= 15 is 0 Å². The molecular weight excluding hydrogens is 332 g/mol. The molecule has 0 aliphatic heterocycles. The fourth-order valence-electron chi connectivity index (χ4n) is 1.24. The summed E-state index contributed by atoms with van der Waals surface area (Å²) in [6, 6.07) is 6.34. The van der Waals surface area contributed by atoms with Gasteiger partial charge in [-0.15, -0.1) is 24.0 Å². The van der Waals surface area contributed by atoms with Crippen LogP contribution in [0.1, 0.15) is 26.3 Å². The highest BCUT2D eigenvalue weighted by molar-refractivity contribution is 14.0. The number of nitrogens with zero attached hydrogens (tertiary/aromatic N) is 1. The van der Waals surface area contributed by atoms with E-state index in [1.807, 2.05) is 26.8 Å². The second-order valence-electron chi connectivity index (χ2n) is 4.71. The third-order valence-electron chi connectivity index (χ3n) is 1.82. The monoisotopic (exact) mass is 351 g/mol. The van der Waals surface area contributed by atoms with Gasteiger partial charge in [-0.25, -0.2) is 9.38 Å². The van der Waals surface area contributed by atoms with E-state index in [9.17, 15) is 4.39 Å². The Morgan fingerprint density at radius 2 is 2.06 bits per heavy atom. The van der Waals surface area contributed by atoms with Gasteiger partial charge >= 0.3 is 0 Å². The van der Waals surface area contributed by atoms with Crippen molar-refractivity contribution in [3.05, 3.63) is 35.6 Å². The second kappa shape index (κ2) is 6.78. The zero-order valence-corrected chi connectivity index (χ0v) is 12.7. The van der Waals surface area contributed by atoms with E-state index in [1.165, 1.54) is 12.1 Å². The fraction of sp³-hybridized carbons (Fsp3) is 0.417. The summed E-state index contributed by atoms with van der Waals surface area (Å²) >= 11 is 0. The highest BCUT2D eigenvalue weighted by atomic mass is 127. The van der Waals surface area contributed by atoms with Gasteiger partial charge in [-0.3, -0.25) is 0 Å². The van der Waals surface area contributed by atoms with Crippen LogP contribution in [-0.4, -0.2) is 11.5 Å². The Kier molecular flexibility index (Phi) is 6.44. The van der Waals surface area contributed by atoms with E-state index in [4.69, 9.17) is 5.73 Å². The van der Waals surface area contributed by atoms with Crippen LogP contribution in [-0.2, 0) is 6.54 Å². The molecule has 0 aliphatic rings. The molecule has 17 heavy (non-hydrogen) atoms. The van der Waals surface area contributed by atoms with Crippen molar-refractivity contribution in [2.45, 2.75) is 32.9 Å². The van der Waals surface area contributed by atoms with Crippen molar-refractivity contribution in [2.24, 2.45) is 10.7 Å². The first kappa shape index (κ1) is 16.1. The number of nitrogens with two attached hydrogens (primary N) is 1. The number of halogens is 2. The molecule has 0 atom stereocenters. The summed E-state index contributed by atoms with van der Waals surface area (Å²) in [6.07, 6.45) is 0. The van der Waals surface area contributed by atoms with Crippen LogP contribution >= 0.6 is 24.0 Å². The third-order valence-corrected chi connectivity index (χ3v) is 1.82. The summed E-state index contributed by atoms with van der Waals surface area (Å²) in [7, 11) is 0. The average molecular weight is 351 g/mol. The van der Waals surface area contributed by atoms with Gasteiger partial charge in [0.25, 0.3) is 0 Å². The predicted molar refractivity (Wildman–Crippen MR) is 80.0 cm³/mol. The van der Waals surface area contributed by atoms with Gasteiger partial charge in [0.15, 0.2) is 5.96 Å². The van der Waals surface area contributed by atoms with Crippen LogP contribution in [0.5, 0.6) is 0 Å². The van der Waals surface area contributed by atoms with Crippen molar-refractivity contribution in [1.82, 2.24) is 5.32 Å². The van der Waals surface area contributed by atoms with Gasteiger partial charge in [-0.05, 0) is 38.5 Å². The molecule has 1 aromatic rings. The Morgan fingerprint density at radius 1 is 1.41 bits per heavy atom. The first-order valence-corrected chi connectivity index (χ1v) is 5.19. The first-order valence-electron chi connectivity index (χ1n) is 5.19. The van der Waals surface area contributed by atoms with E-state index in [1.54, 1.807) is 6.07 Å². The van der Waals surface area contributed by atoms with Gasteiger partial charge < -0.3 is 11.1 Å². The van der Waals surface area contributed by atoms with E-state index in [2.05, 4.69) is 10.3 Å². The molecule has 0 saturated carbocycles. The van der Waals surface area contributed by atoms with Crippen LogP contribution in [0.4, 0.5) is 4.39 Å². The third kappa shape index (κ3) is 7.14. The zero-order valence-electron chi connectivity index (χ0n) is 10.3. The van der Waals surface area contributed by atoms with Crippen molar-refractivity contribution >= 4 is 29.9 Å². The highest BCUT2D eigenvalue weighted by Crippen LogP contribution is 2.05.